The second kappa shape index (κ2) is 11.8. The number of hydrogen-bond acceptors (Lipinski definition) is 7. The second-order valence-electron chi connectivity index (χ2n) is 9.71. The predicted molar refractivity (Wildman–Crippen MR) is 157 cm³/mol. The summed E-state index contributed by atoms with van der Waals surface area (Å²) in [5.74, 6) is -0.519. The number of carbonyl (C=O) groups excluding carboxylic acids is 2. The molecule has 0 unspecified atom stereocenters. The molecule has 9 nitrogen and oxygen atoms in total. The van der Waals surface area contributed by atoms with Crippen LogP contribution in [0.25, 0.3) is 10.9 Å². The highest BCUT2D eigenvalue weighted by Gasteiger charge is 2.21. The summed E-state index contributed by atoms with van der Waals surface area (Å²) in [7, 11) is 8.91. The van der Waals surface area contributed by atoms with Gasteiger partial charge in [-0.15, -0.1) is 0 Å². The summed E-state index contributed by atoms with van der Waals surface area (Å²) < 4.78 is 4.83. The highest BCUT2D eigenvalue weighted by atomic mass is 16.5. The van der Waals surface area contributed by atoms with Gasteiger partial charge in [0.2, 0.25) is 5.91 Å². The molecule has 1 fully saturated rings. The summed E-state index contributed by atoms with van der Waals surface area (Å²) in [4.78, 5) is 38.3. The second-order valence-corrected chi connectivity index (χ2v) is 9.71. The van der Waals surface area contributed by atoms with Gasteiger partial charge in [0.15, 0.2) is 13.9 Å². The first-order valence-electron chi connectivity index (χ1n) is 13.0. The Hall–Kier alpha value is -4.41. The number of aliphatic imine (C=N–C) groups is 1. The van der Waals surface area contributed by atoms with Crippen molar-refractivity contribution < 1.29 is 19.4 Å². The van der Waals surface area contributed by atoms with E-state index in [4.69, 9.17) is 17.7 Å². The Morgan fingerprint density at radius 1 is 1.00 bits per heavy atom. The van der Waals surface area contributed by atoms with Gasteiger partial charge in [-0.2, -0.15) is 0 Å². The molecule has 1 saturated heterocycles. The molecule has 202 valence electrons. The zero-order chi connectivity index (χ0) is 28.2. The predicted octanol–water partition coefficient (Wildman–Crippen LogP) is 3.49. The molecule has 0 bridgehead atoms. The number of methoxy groups -OCH3 is 1. The lowest BCUT2D eigenvalue weighted by atomic mass is 10.00. The molecule has 5 rings (SSSR count). The molecule has 0 aliphatic carbocycles. The number of hydrogen-bond donors (Lipinski definition) is 2. The maximum absolute atomic E-state index is 12.9. The fourth-order valence-corrected chi connectivity index (χ4v) is 4.77. The van der Waals surface area contributed by atoms with Gasteiger partial charge < -0.3 is 24.5 Å². The topological polar surface area (TPSA) is 101 Å². The number of piperazine rings is 1. The summed E-state index contributed by atoms with van der Waals surface area (Å²) in [6.45, 7) is 3.34. The van der Waals surface area contributed by atoms with Crippen molar-refractivity contribution >= 4 is 47.8 Å². The zero-order valence-electron chi connectivity index (χ0n) is 22.5. The van der Waals surface area contributed by atoms with Gasteiger partial charge in [0.05, 0.1) is 36.2 Å². The van der Waals surface area contributed by atoms with E-state index in [0.717, 1.165) is 37.4 Å². The van der Waals surface area contributed by atoms with Crippen LogP contribution in [0.4, 0.5) is 11.4 Å². The molecule has 2 heterocycles. The standard InChI is InChI=1S/C30H30BN5O4/c1-34(26(37)19-35-14-16-36(31)17-15-35)23-11-9-22(10-12-23)32-28(20-6-4-3-5-7-20)27-24-13-8-21(30(39)40-2)18-25(24)33-29(27)38/h3-13,18,33,38H,14-17,19H2,1-2H3. The molecule has 40 heavy (non-hydrogen) atoms. The molecule has 0 saturated carbocycles. The van der Waals surface area contributed by atoms with Crippen molar-refractivity contribution in [2.75, 3.05) is 51.8 Å². The lowest BCUT2D eigenvalue weighted by Crippen LogP contribution is -2.48. The van der Waals surface area contributed by atoms with E-state index < -0.39 is 5.97 Å². The Labute approximate surface area is 234 Å². The van der Waals surface area contributed by atoms with Crippen LogP contribution < -0.4 is 4.90 Å². The number of amides is 1. The molecule has 1 amide bonds. The lowest BCUT2D eigenvalue weighted by molar-refractivity contribution is -0.119. The number of aromatic hydroxyl groups is 1. The number of anilines is 1. The van der Waals surface area contributed by atoms with Gasteiger partial charge in [-0.1, -0.05) is 36.4 Å². The quantitative estimate of drug-likeness (QED) is 0.214. The molecule has 1 aliphatic rings. The molecule has 3 aromatic carbocycles. The highest BCUT2D eigenvalue weighted by molar-refractivity contribution is 6.22. The van der Waals surface area contributed by atoms with Gasteiger partial charge in [-0.3, -0.25) is 9.69 Å². The van der Waals surface area contributed by atoms with E-state index in [1.807, 2.05) is 54.6 Å². The lowest BCUT2D eigenvalue weighted by Gasteiger charge is -2.33. The molecule has 1 aromatic heterocycles. The minimum absolute atomic E-state index is 0.00161. The monoisotopic (exact) mass is 535 g/mol. The van der Waals surface area contributed by atoms with E-state index in [-0.39, 0.29) is 11.8 Å². The summed E-state index contributed by atoms with van der Waals surface area (Å²) in [5, 5.41) is 11.7. The SMILES string of the molecule is [B]N1CCN(CC(=O)N(C)c2ccc(N=C(c3ccccc3)c3c(O)[nH]c4cc(C(=O)OC)ccc34)cc2)CC1. The highest BCUT2D eigenvalue weighted by Crippen LogP contribution is 2.32. The number of esters is 1. The van der Waals surface area contributed by atoms with Crippen molar-refractivity contribution in [2.45, 2.75) is 0 Å². The smallest absolute Gasteiger partial charge is 0.337 e. The van der Waals surface area contributed by atoms with Gasteiger partial charge in [-0.05, 0) is 49.5 Å². The van der Waals surface area contributed by atoms with Crippen LogP contribution in [0, 0.1) is 0 Å². The number of nitrogens with zero attached hydrogens (tertiary/aromatic N) is 4. The Morgan fingerprint density at radius 3 is 2.38 bits per heavy atom. The van der Waals surface area contributed by atoms with Crippen LogP contribution in [-0.4, -0.2) is 92.3 Å². The van der Waals surface area contributed by atoms with E-state index in [9.17, 15) is 14.7 Å². The van der Waals surface area contributed by atoms with Crippen molar-refractivity contribution in [3.05, 3.63) is 89.5 Å². The number of rotatable bonds is 7. The van der Waals surface area contributed by atoms with E-state index in [1.165, 1.54) is 7.11 Å². The van der Waals surface area contributed by atoms with Crippen LogP contribution in [0.3, 0.4) is 0 Å². The third-order valence-corrected chi connectivity index (χ3v) is 7.10. The Morgan fingerprint density at radius 2 is 1.70 bits per heavy atom. The number of ether oxygens (including phenoxy) is 1. The summed E-state index contributed by atoms with van der Waals surface area (Å²) >= 11 is 0. The number of aromatic nitrogens is 1. The molecule has 2 N–H and O–H groups in total. The molecule has 4 aromatic rings. The van der Waals surface area contributed by atoms with Gasteiger partial charge >= 0.3 is 5.97 Å². The largest absolute Gasteiger partial charge is 0.494 e. The van der Waals surface area contributed by atoms with Crippen molar-refractivity contribution in [1.82, 2.24) is 14.7 Å². The van der Waals surface area contributed by atoms with E-state index >= 15 is 0 Å². The minimum atomic E-state index is -0.462. The number of benzene rings is 3. The van der Waals surface area contributed by atoms with Crippen molar-refractivity contribution in [2.24, 2.45) is 4.99 Å². The fourth-order valence-electron chi connectivity index (χ4n) is 4.77. The molecular weight excluding hydrogens is 505 g/mol. The molecule has 10 heteroatoms. The molecule has 0 atom stereocenters. The fraction of sp³-hybridized carbons (Fsp3) is 0.233. The van der Waals surface area contributed by atoms with Crippen LogP contribution in [0.15, 0.2) is 77.8 Å². The summed E-state index contributed by atoms with van der Waals surface area (Å²) in [6, 6.07) is 22.0. The summed E-state index contributed by atoms with van der Waals surface area (Å²) in [5.41, 5.74) is 4.26. The van der Waals surface area contributed by atoms with Crippen LogP contribution in [0.2, 0.25) is 0 Å². The van der Waals surface area contributed by atoms with Gasteiger partial charge in [0.25, 0.3) is 0 Å². The van der Waals surface area contributed by atoms with Gasteiger partial charge in [0, 0.05) is 42.3 Å². The van der Waals surface area contributed by atoms with Crippen molar-refractivity contribution in [3.63, 3.8) is 0 Å². The van der Waals surface area contributed by atoms with Crippen molar-refractivity contribution in [1.29, 1.82) is 0 Å². The van der Waals surface area contributed by atoms with Crippen LogP contribution >= 0.6 is 0 Å². The van der Waals surface area contributed by atoms with Crippen LogP contribution in [0.1, 0.15) is 21.5 Å². The number of H-pyrrole nitrogens is 1. The van der Waals surface area contributed by atoms with Gasteiger partial charge in [-0.25, -0.2) is 9.79 Å². The number of carbonyl (C=O) groups is 2. The third-order valence-electron chi connectivity index (χ3n) is 7.10. The number of nitrogens with one attached hydrogen (secondary N) is 1. The molecule has 2 radical (unpaired) electrons. The van der Waals surface area contributed by atoms with E-state index in [2.05, 4.69) is 9.88 Å². The first kappa shape index (κ1) is 27.2. The zero-order valence-corrected chi connectivity index (χ0v) is 22.5. The normalized spacial score (nSPS) is 14.8. The Kier molecular flexibility index (Phi) is 8.00. The number of likely N-dealkylation sites (N-methyl/N-ethyl adjacent to an activating group) is 1. The van der Waals surface area contributed by atoms with E-state index in [1.54, 1.807) is 35.0 Å². The first-order valence-corrected chi connectivity index (χ1v) is 13.0. The first-order chi connectivity index (χ1) is 19.3. The van der Waals surface area contributed by atoms with Crippen LogP contribution in [-0.2, 0) is 9.53 Å². The number of fused-ring (bicyclic) bond motifs is 1. The maximum Gasteiger partial charge on any atom is 0.337 e. The molecule has 0 spiro atoms. The average Bonchev–Trinajstić information content (AvgIpc) is 3.31. The van der Waals surface area contributed by atoms with Crippen LogP contribution in [0.5, 0.6) is 5.88 Å². The molecular formula is C30H30BN5O4. The number of aromatic amines is 1. The maximum atomic E-state index is 12.9. The Balaban J connectivity index is 1.44. The molecule has 1 aliphatic heterocycles. The minimum Gasteiger partial charge on any atom is -0.494 e. The Bertz CT molecular complexity index is 1540. The third kappa shape index (κ3) is 5.78. The van der Waals surface area contributed by atoms with Crippen molar-refractivity contribution in [3.8, 4) is 5.88 Å². The summed E-state index contributed by atoms with van der Waals surface area (Å²) in [6.07, 6.45) is 0. The van der Waals surface area contributed by atoms with Gasteiger partial charge in [0.1, 0.15) is 0 Å². The van der Waals surface area contributed by atoms with E-state index in [0.29, 0.717) is 40.0 Å². The average molecular weight is 535 g/mol.